The first-order chi connectivity index (χ1) is 14.1. The van der Waals surface area contributed by atoms with Crippen LogP contribution in [0.1, 0.15) is 49.4 Å². The van der Waals surface area contributed by atoms with Crippen molar-refractivity contribution in [3.63, 3.8) is 0 Å². The van der Waals surface area contributed by atoms with Crippen LogP contribution < -0.4 is 5.32 Å². The molecule has 1 fully saturated rings. The number of furan rings is 1. The number of para-hydroxylation sites is 1. The molecule has 1 amide bonds. The van der Waals surface area contributed by atoms with E-state index >= 15 is 0 Å². The maximum Gasteiger partial charge on any atom is 0.339 e. The van der Waals surface area contributed by atoms with Crippen LogP contribution in [0.15, 0.2) is 53.1 Å². The van der Waals surface area contributed by atoms with Crippen molar-refractivity contribution in [2.45, 2.75) is 51.2 Å². The second kappa shape index (κ2) is 8.47. The van der Waals surface area contributed by atoms with Crippen LogP contribution in [0.4, 0.5) is 0 Å². The lowest BCUT2D eigenvalue weighted by Crippen LogP contribution is -2.42. The van der Waals surface area contributed by atoms with Gasteiger partial charge in [0.1, 0.15) is 5.69 Å². The maximum absolute atomic E-state index is 12.9. The van der Waals surface area contributed by atoms with E-state index in [0.717, 1.165) is 25.7 Å². The van der Waals surface area contributed by atoms with Crippen molar-refractivity contribution in [1.29, 1.82) is 0 Å². The van der Waals surface area contributed by atoms with Gasteiger partial charge in [0.15, 0.2) is 11.9 Å². The number of hydrogen-bond donors (Lipinski definition) is 1. The zero-order chi connectivity index (χ0) is 20.2. The Balaban J connectivity index is 1.55. The van der Waals surface area contributed by atoms with Gasteiger partial charge < -0.3 is 14.5 Å². The van der Waals surface area contributed by atoms with Gasteiger partial charge in [-0.3, -0.25) is 4.79 Å². The van der Waals surface area contributed by atoms with Gasteiger partial charge in [-0.25, -0.2) is 9.78 Å². The first-order valence-corrected chi connectivity index (χ1v) is 10.1. The highest BCUT2D eigenvalue weighted by atomic mass is 16.5. The molecule has 1 aliphatic rings. The van der Waals surface area contributed by atoms with Crippen LogP contribution in [-0.2, 0) is 9.53 Å². The maximum atomic E-state index is 12.9. The summed E-state index contributed by atoms with van der Waals surface area (Å²) in [6, 6.07) is 12.7. The first-order valence-electron chi connectivity index (χ1n) is 10.1. The van der Waals surface area contributed by atoms with Gasteiger partial charge in [0.05, 0.1) is 17.3 Å². The minimum atomic E-state index is -0.872. The Labute approximate surface area is 169 Å². The van der Waals surface area contributed by atoms with E-state index in [1.807, 2.05) is 24.3 Å². The van der Waals surface area contributed by atoms with Crippen molar-refractivity contribution in [2.75, 3.05) is 0 Å². The minimum absolute atomic E-state index is 0.171. The Bertz CT molecular complexity index is 1010. The van der Waals surface area contributed by atoms with Gasteiger partial charge >= 0.3 is 5.97 Å². The summed E-state index contributed by atoms with van der Waals surface area (Å²) in [7, 11) is 0. The van der Waals surface area contributed by atoms with Crippen LogP contribution in [0.2, 0.25) is 0 Å². The van der Waals surface area contributed by atoms with Crippen molar-refractivity contribution < 1.29 is 18.7 Å². The highest BCUT2D eigenvalue weighted by Crippen LogP contribution is 2.26. The molecule has 3 aromatic rings. The molecule has 6 heteroatoms. The quantitative estimate of drug-likeness (QED) is 0.647. The van der Waals surface area contributed by atoms with E-state index in [2.05, 4.69) is 10.3 Å². The van der Waals surface area contributed by atoms with Crippen molar-refractivity contribution in [1.82, 2.24) is 10.3 Å². The fourth-order valence-corrected chi connectivity index (χ4v) is 3.74. The molecule has 29 heavy (non-hydrogen) atoms. The molecule has 2 heterocycles. The van der Waals surface area contributed by atoms with Crippen molar-refractivity contribution >= 4 is 22.8 Å². The van der Waals surface area contributed by atoms with Crippen LogP contribution in [0, 0.1) is 0 Å². The summed E-state index contributed by atoms with van der Waals surface area (Å²) >= 11 is 0. The molecular weight excluding hydrogens is 368 g/mol. The number of benzene rings is 1. The Morgan fingerprint density at radius 3 is 2.69 bits per heavy atom. The lowest BCUT2D eigenvalue weighted by molar-refractivity contribution is -0.130. The number of esters is 1. The van der Waals surface area contributed by atoms with Gasteiger partial charge in [-0.2, -0.15) is 0 Å². The number of hydrogen-bond acceptors (Lipinski definition) is 5. The van der Waals surface area contributed by atoms with E-state index in [9.17, 15) is 9.59 Å². The van der Waals surface area contributed by atoms with Crippen LogP contribution in [0.25, 0.3) is 22.4 Å². The molecule has 1 N–H and O–H groups in total. The number of ether oxygens (including phenoxy) is 1. The van der Waals surface area contributed by atoms with E-state index in [-0.39, 0.29) is 11.9 Å². The van der Waals surface area contributed by atoms with Crippen molar-refractivity contribution in [3.05, 3.63) is 54.3 Å². The zero-order valence-electron chi connectivity index (χ0n) is 16.4. The van der Waals surface area contributed by atoms with E-state index in [1.54, 1.807) is 31.4 Å². The third-order valence-corrected chi connectivity index (χ3v) is 5.31. The summed E-state index contributed by atoms with van der Waals surface area (Å²) in [6.45, 7) is 1.60. The summed E-state index contributed by atoms with van der Waals surface area (Å²) in [4.78, 5) is 30.0. The second-order valence-corrected chi connectivity index (χ2v) is 7.44. The van der Waals surface area contributed by atoms with E-state index in [4.69, 9.17) is 9.15 Å². The van der Waals surface area contributed by atoms with Crippen LogP contribution in [0.3, 0.4) is 0 Å². The molecule has 0 saturated heterocycles. The smallest absolute Gasteiger partial charge is 0.339 e. The summed E-state index contributed by atoms with van der Waals surface area (Å²) in [5.41, 5.74) is 1.56. The lowest BCUT2D eigenvalue weighted by atomic mass is 9.95. The average molecular weight is 392 g/mol. The lowest BCUT2D eigenvalue weighted by Gasteiger charge is -2.24. The number of fused-ring (bicyclic) bond motifs is 1. The predicted molar refractivity (Wildman–Crippen MR) is 109 cm³/mol. The van der Waals surface area contributed by atoms with Gasteiger partial charge in [-0.05, 0) is 44.0 Å². The van der Waals surface area contributed by atoms with Crippen molar-refractivity contribution in [2.24, 2.45) is 0 Å². The Hall–Kier alpha value is -3.15. The Kier molecular flexibility index (Phi) is 5.60. The zero-order valence-corrected chi connectivity index (χ0v) is 16.4. The highest BCUT2D eigenvalue weighted by Gasteiger charge is 2.24. The third kappa shape index (κ3) is 4.31. The highest BCUT2D eigenvalue weighted by molar-refractivity contribution is 6.05. The molecule has 1 atom stereocenters. The third-order valence-electron chi connectivity index (χ3n) is 5.31. The molecule has 0 aliphatic heterocycles. The van der Waals surface area contributed by atoms with Gasteiger partial charge in [0.25, 0.3) is 5.91 Å². The molecule has 4 rings (SSSR count). The van der Waals surface area contributed by atoms with Gasteiger partial charge in [0.2, 0.25) is 0 Å². The molecule has 0 spiro atoms. The largest absolute Gasteiger partial charge is 0.463 e. The molecule has 150 valence electrons. The normalized spacial score (nSPS) is 15.8. The minimum Gasteiger partial charge on any atom is -0.463 e. The monoisotopic (exact) mass is 392 g/mol. The fraction of sp³-hybridized carbons (Fsp3) is 0.348. The number of nitrogens with zero attached hydrogens (tertiary/aromatic N) is 1. The molecule has 0 bridgehead atoms. The number of carbonyl (C=O) groups excluding carboxylic acids is 2. The number of nitrogens with one attached hydrogen (secondary N) is 1. The fourth-order valence-electron chi connectivity index (χ4n) is 3.74. The number of aromatic nitrogens is 1. The summed E-state index contributed by atoms with van der Waals surface area (Å²) in [5.74, 6) is -0.245. The van der Waals surface area contributed by atoms with E-state index in [1.165, 1.54) is 6.42 Å². The predicted octanol–water partition coefficient (Wildman–Crippen LogP) is 4.49. The van der Waals surface area contributed by atoms with Gasteiger partial charge in [-0.1, -0.05) is 37.5 Å². The van der Waals surface area contributed by atoms with E-state index in [0.29, 0.717) is 27.9 Å². The molecule has 1 aliphatic carbocycles. The Morgan fingerprint density at radius 1 is 1.14 bits per heavy atom. The molecule has 2 aromatic heterocycles. The molecule has 6 nitrogen and oxygen atoms in total. The molecular formula is C23H24N2O4. The summed E-state index contributed by atoms with van der Waals surface area (Å²) in [6.07, 6.45) is 6.10. The second-order valence-electron chi connectivity index (χ2n) is 7.44. The number of pyridine rings is 1. The van der Waals surface area contributed by atoms with Crippen molar-refractivity contribution in [3.8, 4) is 11.5 Å². The van der Waals surface area contributed by atoms with Gasteiger partial charge in [-0.15, -0.1) is 0 Å². The summed E-state index contributed by atoms with van der Waals surface area (Å²) < 4.78 is 10.9. The molecule has 0 unspecified atom stereocenters. The average Bonchev–Trinajstić information content (AvgIpc) is 3.28. The molecule has 1 saturated carbocycles. The first kappa shape index (κ1) is 19.2. The van der Waals surface area contributed by atoms with E-state index < -0.39 is 12.1 Å². The van der Waals surface area contributed by atoms with Crippen LogP contribution >= 0.6 is 0 Å². The van der Waals surface area contributed by atoms with Crippen LogP contribution in [-0.4, -0.2) is 29.0 Å². The van der Waals surface area contributed by atoms with Crippen LogP contribution in [0.5, 0.6) is 0 Å². The number of amides is 1. The standard InChI is InChI=1S/C23H24N2O4/c1-15(22(26)24-16-8-3-2-4-9-16)29-23(27)18-14-20(21-12-7-13-28-21)25-19-11-6-5-10-17(18)19/h5-7,10-16H,2-4,8-9H2,1H3,(H,24,26)/t15-/m0/s1. The van der Waals surface area contributed by atoms with Gasteiger partial charge in [0, 0.05) is 11.4 Å². The topological polar surface area (TPSA) is 81.4 Å². The Morgan fingerprint density at radius 2 is 1.93 bits per heavy atom. The number of carbonyl (C=O) groups is 2. The number of rotatable bonds is 5. The SMILES string of the molecule is C[C@H](OC(=O)c1cc(-c2ccco2)nc2ccccc12)C(=O)NC1CCCCC1. The molecule has 0 radical (unpaired) electrons. The summed E-state index contributed by atoms with van der Waals surface area (Å²) in [5, 5.41) is 3.68. The molecule has 1 aromatic carbocycles.